The van der Waals surface area contributed by atoms with Crippen molar-refractivity contribution in [3.8, 4) is 23.0 Å². The topological polar surface area (TPSA) is 207 Å². The van der Waals surface area contributed by atoms with E-state index in [0.717, 1.165) is 22.5 Å². The number of aliphatic imine (C=N–C) groups is 1. The number of amides is 6. The fourth-order valence-electron chi connectivity index (χ4n) is 10.3. The molecule has 0 spiro atoms. The van der Waals surface area contributed by atoms with Crippen molar-refractivity contribution < 1.29 is 57.3 Å². The molecule has 19 heteroatoms. The molecule has 77 heavy (non-hydrogen) atoms. The Morgan fingerprint density at radius 3 is 1.97 bits per heavy atom. The van der Waals surface area contributed by atoms with Crippen LogP contribution in [0.15, 0.2) is 96.0 Å². The van der Waals surface area contributed by atoms with Crippen molar-refractivity contribution in [3.63, 3.8) is 0 Å². The van der Waals surface area contributed by atoms with E-state index in [1.54, 1.807) is 61.4 Å². The molecule has 5 aromatic carbocycles. The Morgan fingerprint density at radius 1 is 0.727 bits per heavy atom. The molecule has 5 heterocycles. The number of rotatable bonds is 16. The molecule has 2 N–H and O–H groups in total. The predicted octanol–water partition coefficient (Wildman–Crippen LogP) is 8.46. The van der Waals surface area contributed by atoms with Gasteiger partial charge in [0.25, 0.3) is 23.6 Å². The first kappa shape index (κ1) is 52.0. The van der Waals surface area contributed by atoms with Crippen molar-refractivity contribution in [1.82, 2.24) is 10.4 Å². The van der Waals surface area contributed by atoms with Gasteiger partial charge in [0.1, 0.15) is 19.9 Å². The van der Waals surface area contributed by atoms with Gasteiger partial charge < -0.3 is 44.1 Å². The summed E-state index contributed by atoms with van der Waals surface area (Å²) in [7, 11) is 2.98. The minimum Gasteiger partial charge on any atom is -0.493 e. The molecule has 0 unspecified atom stereocenters. The molecule has 400 valence electrons. The summed E-state index contributed by atoms with van der Waals surface area (Å²) in [6, 6.07) is 27.4. The molecule has 0 radical (unpaired) electrons. The van der Waals surface area contributed by atoms with Crippen LogP contribution in [0.3, 0.4) is 0 Å². The van der Waals surface area contributed by atoms with Crippen molar-refractivity contribution in [2.45, 2.75) is 97.6 Å². The second-order valence-electron chi connectivity index (χ2n) is 21.2. The molecule has 2 atom stereocenters. The molecule has 0 aromatic heterocycles. The number of methoxy groups -OCH3 is 2. The standard InChI is InChI=1S/C58H61N7O12/c1-57(2,3)76-19-18-58(4,5)55(70)62(33-61-56(71)77-65-51(66)16-17-52(65)67)38-21-34(31-74-49-27-43-41(25-47(49)72-6)53(68)63-39(29-59-43)23-36-12-8-10-14-45(36)63)20-35(22-38)32-75-50-28-44-42(26-48(50)73-7)54(69)64-40(30-60-44)24-37-13-9-11-15-46(37)64/h8-15,20-22,25-29,39-40,60H,16-19,23-24,30-33H2,1-7H3,(H,61,71)/t39-,40-/m0/s1. The Labute approximate surface area is 445 Å². The second-order valence-corrected chi connectivity index (χ2v) is 21.2. The highest BCUT2D eigenvalue weighted by molar-refractivity contribution is 6.15. The highest BCUT2D eigenvalue weighted by atomic mass is 16.7. The number of hydrogen-bond donors (Lipinski definition) is 2. The molecule has 19 nitrogen and oxygen atoms in total. The maximum atomic E-state index is 15.0. The molecule has 5 aliphatic rings. The molecule has 0 aliphatic carbocycles. The van der Waals surface area contributed by atoms with Crippen molar-refractivity contribution in [3.05, 3.63) is 124 Å². The number of para-hydroxylation sites is 2. The van der Waals surface area contributed by atoms with Crippen LogP contribution in [0.5, 0.6) is 23.0 Å². The summed E-state index contributed by atoms with van der Waals surface area (Å²) in [6.07, 6.45) is 2.09. The van der Waals surface area contributed by atoms with E-state index in [9.17, 15) is 28.8 Å². The van der Waals surface area contributed by atoms with E-state index in [1.165, 1.54) is 19.1 Å². The lowest BCUT2D eigenvalue weighted by Crippen LogP contribution is -2.48. The van der Waals surface area contributed by atoms with Gasteiger partial charge in [-0.05, 0) is 98.3 Å². The first-order valence-corrected chi connectivity index (χ1v) is 25.6. The Hall–Kier alpha value is -8.45. The first-order chi connectivity index (χ1) is 36.9. The number of nitrogens with zero attached hydrogens (tertiary/aromatic N) is 5. The van der Waals surface area contributed by atoms with E-state index in [0.29, 0.717) is 93.2 Å². The largest absolute Gasteiger partial charge is 0.493 e. The van der Waals surface area contributed by atoms with Crippen molar-refractivity contribution in [2.75, 3.05) is 54.1 Å². The van der Waals surface area contributed by atoms with Crippen LogP contribution in [0, 0.1) is 5.41 Å². The van der Waals surface area contributed by atoms with Crippen LogP contribution in [-0.4, -0.2) is 98.6 Å². The first-order valence-electron chi connectivity index (χ1n) is 25.6. The van der Waals surface area contributed by atoms with E-state index in [-0.39, 0.29) is 56.6 Å². The van der Waals surface area contributed by atoms with Crippen LogP contribution in [-0.2, 0) is 50.0 Å². The van der Waals surface area contributed by atoms with Gasteiger partial charge in [-0.3, -0.25) is 38.8 Å². The molecule has 5 aromatic rings. The molecule has 1 saturated heterocycles. The Bertz CT molecular complexity index is 3220. The zero-order valence-electron chi connectivity index (χ0n) is 44.1. The Kier molecular flexibility index (Phi) is 14.1. The average molecular weight is 1050 g/mol. The third-order valence-corrected chi connectivity index (χ3v) is 14.3. The van der Waals surface area contributed by atoms with E-state index in [2.05, 4.69) is 10.6 Å². The second kappa shape index (κ2) is 20.9. The third-order valence-electron chi connectivity index (χ3n) is 14.3. The van der Waals surface area contributed by atoms with Gasteiger partial charge in [0, 0.05) is 73.2 Å². The zero-order valence-corrected chi connectivity index (χ0v) is 44.1. The lowest BCUT2D eigenvalue weighted by atomic mass is 9.87. The lowest BCUT2D eigenvalue weighted by Gasteiger charge is -2.33. The molecular weight excluding hydrogens is 987 g/mol. The number of fused-ring (bicyclic) bond motifs is 8. The SMILES string of the molecule is COc1cc2c(cc1OCc1cc(COc3cc4c(cc3OC)C(=O)N3c5ccccc5C[C@H]3CN4)cc(N(CNC(=O)ON3C(=O)CCC3=O)C(=O)C(C)(C)CCOC(C)(C)C)c1)N=C[C@@H]1Cc3ccccc3N1C2=O. The number of ether oxygens (including phenoxy) is 5. The van der Waals surface area contributed by atoms with E-state index < -0.39 is 41.5 Å². The highest BCUT2D eigenvalue weighted by Crippen LogP contribution is 2.43. The summed E-state index contributed by atoms with van der Waals surface area (Å²) in [5.41, 5.74) is 5.53. The van der Waals surface area contributed by atoms with Gasteiger partial charge in [0.2, 0.25) is 5.91 Å². The number of anilines is 4. The number of nitrogens with one attached hydrogen (secondary N) is 2. The van der Waals surface area contributed by atoms with Gasteiger partial charge in [-0.2, -0.15) is 0 Å². The summed E-state index contributed by atoms with van der Waals surface area (Å²) >= 11 is 0. The van der Waals surface area contributed by atoms with Crippen LogP contribution in [0.4, 0.5) is 33.2 Å². The van der Waals surface area contributed by atoms with Gasteiger partial charge >= 0.3 is 6.09 Å². The molecule has 10 rings (SSSR count). The molecule has 1 fully saturated rings. The summed E-state index contributed by atoms with van der Waals surface area (Å²) in [5.74, 6) is -0.859. The predicted molar refractivity (Wildman–Crippen MR) is 286 cm³/mol. The summed E-state index contributed by atoms with van der Waals surface area (Å²) in [4.78, 5) is 96.4. The summed E-state index contributed by atoms with van der Waals surface area (Å²) in [6.45, 7) is 9.45. The number of carbonyl (C=O) groups is 6. The minimum atomic E-state index is -1.13. The van der Waals surface area contributed by atoms with Crippen LogP contribution >= 0.6 is 0 Å². The van der Waals surface area contributed by atoms with E-state index in [4.69, 9.17) is 33.5 Å². The molecule has 0 saturated carbocycles. The van der Waals surface area contributed by atoms with Crippen LogP contribution in [0.2, 0.25) is 0 Å². The van der Waals surface area contributed by atoms with Gasteiger partial charge in [0.05, 0.1) is 54.4 Å². The average Bonchev–Trinajstić information content (AvgIpc) is 4.06. The van der Waals surface area contributed by atoms with Crippen molar-refractivity contribution in [2.24, 2.45) is 10.4 Å². The Balaban J connectivity index is 0.980. The van der Waals surface area contributed by atoms with Crippen LogP contribution in [0.25, 0.3) is 0 Å². The van der Waals surface area contributed by atoms with Gasteiger partial charge in [-0.1, -0.05) is 50.2 Å². The van der Waals surface area contributed by atoms with Gasteiger partial charge in [-0.25, -0.2) is 4.79 Å². The summed E-state index contributed by atoms with van der Waals surface area (Å²) in [5, 5.41) is 6.47. The zero-order chi connectivity index (χ0) is 54.3. The molecular formula is C58H61N7O12. The van der Waals surface area contributed by atoms with Gasteiger partial charge in [0.15, 0.2) is 23.0 Å². The molecule has 6 amide bonds. The molecule has 5 aliphatic heterocycles. The van der Waals surface area contributed by atoms with Crippen LogP contribution in [0.1, 0.15) is 96.9 Å². The van der Waals surface area contributed by atoms with Crippen molar-refractivity contribution in [1.29, 1.82) is 0 Å². The molecule has 0 bridgehead atoms. The fraction of sp³-hybridized carbons (Fsp3) is 0.362. The number of hydroxylamine groups is 2. The number of carbonyl (C=O) groups excluding carboxylic acids is 6. The lowest BCUT2D eigenvalue weighted by molar-refractivity contribution is -0.171. The number of hydrogen-bond acceptors (Lipinski definition) is 14. The van der Waals surface area contributed by atoms with Crippen LogP contribution < -0.4 is 44.3 Å². The summed E-state index contributed by atoms with van der Waals surface area (Å²) < 4.78 is 30.8. The van der Waals surface area contributed by atoms with E-state index in [1.807, 2.05) is 80.3 Å². The third kappa shape index (κ3) is 10.6. The smallest absolute Gasteiger partial charge is 0.433 e. The minimum absolute atomic E-state index is 0.0780. The number of imide groups is 1. The van der Waals surface area contributed by atoms with E-state index >= 15 is 0 Å². The Morgan fingerprint density at radius 2 is 1.32 bits per heavy atom. The highest BCUT2D eigenvalue weighted by Gasteiger charge is 2.40. The maximum absolute atomic E-state index is 15.0. The van der Waals surface area contributed by atoms with Gasteiger partial charge in [-0.15, -0.1) is 5.06 Å². The normalized spacial score (nSPS) is 17.3. The fourth-order valence-corrected chi connectivity index (χ4v) is 10.3. The van der Waals surface area contributed by atoms with Crippen molar-refractivity contribution >= 4 is 70.3 Å². The quantitative estimate of drug-likeness (QED) is 0.0704. The maximum Gasteiger partial charge on any atom is 0.433 e. The number of benzene rings is 5. The monoisotopic (exact) mass is 1050 g/mol.